The molecule has 0 spiro atoms. The van der Waals surface area contributed by atoms with Gasteiger partial charge >= 0.3 is 0 Å². The summed E-state index contributed by atoms with van der Waals surface area (Å²) in [5.74, 6) is 0.861. The van der Waals surface area contributed by atoms with E-state index in [1.54, 1.807) is 0 Å². The minimum atomic E-state index is -0.0174. The van der Waals surface area contributed by atoms with Gasteiger partial charge in [0.25, 0.3) is 5.56 Å². The van der Waals surface area contributed by atoms with E-state index in [4.69, 9.17) is 0 Å². The van der Waals surface area contributed by atoms with Gasteiger partial charge in [0.1, 0.15) is 0 Å². The Morgan fingerprint density at radius 1 is 1.50 bits per heavy atom. The van der Waals surface area contributed by atoms with Crippen molar-refractivity contribution < 1.29 is 0 Å². The highest BCUT2D eigenvalue weighted by Gasteiger charge is 2.01. The third-order valence-electron chi connectivity index (χ3n) is 1.81. The summed E-state index contributed by atoms with van der Waals surface area (Å²) in [6, 6.07) is 3.78. The number of H-pyrrole nitrogens is 1. The van der Waals surface area contributed by atoms with Gasteiger partial charge in [-0.25, -0.2) is 0 Å². The Bertz CT molecular complexity index is 317. The maximum Gasteiger partial charge on any atom is 0.252 e. The van der Waals surface area contributed by atoms with Crippen LogP contribution in [0.1, 0.15) is 31.0 Å². The third kappa shape index (κ3) is 1.91. The van der Waals surface area contributed by atoms with Crippen molar-refractivity contribution in [3.8, 4) is 0 Å². The van der Waals surface area contributed by atoms with Crippen molar-refractivity contribution >= 4 is 12.6 Å². The predicted molar refractivity (Wildman–Crippen MR) is 53.8 cm³/mol. The van der Waals surface area contributed by atoms with E-state index in [1.165, 1.54) is 0 Å². The average Bonchev–Trinajstić information content (AvgIpc) is 2.04. The summed E-state index contributed by atoms with van der Waals surface area (Å²) in [6.07, 6.45) is 0. The van der Waals surface area contributed by atoms with Crippen molar-refractivity contribution in [1.82, 2.24) is 4.98 Å². The second kappa shape index (κ2) is 3.81. The molecular weight excluding hydrogens is 170 g/mol. The number of aromatic nitrogens is 1. The van der Waals surface area contributed by atoms with Crippen molar-refractivity contribution in [2.75, 3.05) is 0 Å². The molecule has 1 aromatic rings. The summed E-state index contributed by atoms with van der Waals surface area (Å²) in [6.45, 7) is 4.09. The molecule has 0 saturated carbocycles. The summed E-state index contributed by atoms with van der Waals surface area (Å²) < 4.78 is 0. The lowest BCUT2D eigenvalue weighted by molar-refractivity contribution is 0.813. The minimum Gasteiger partial charge on any atom is -0.326 e. The molecule has 0 aliphatic carbocycles. The average molecular weight is 183 g/mol. The Hall–Kier alpha value is -0.700. The van der Waals surface area contributed by atoms with Crippen molar-refractivity contribution in [3.63, 3.8) is 0 Å². The van der Waals surface area contributed by atoms with Crippen LogP contribution in [0.25, 0.3) is 0 Å². The molecule has 0 amide bonds. The smallest absolute Gasteiger partial charge is 0.252 e. The van der Waals surface area contributed by atoms with Gasteiger partial charge in [-0.05, 0) is 12.0 Å². The Labute approximate surface area is 77.4 Å². The maximum absolute atomic E-state index is 11.3. The van der Waals surface area contributed by atoms with Gasteiger partial charge in [-0.1, -0.05) is 19.9 Å². The number of aromatic amines is 1. The molecule has 0 bridgehead atoms. The van der Waals surface area contributed by atoms with Gasteiger partial charge < -0.3 is 4.98 Å². The molecular formula is C9H13NOS. The Balaban J connectivity index is 3.11. The van der Waals surface area contributed by atoms with Gasteiger partial charge in [0.15, 0.2) is 0 Å². The fourth-order valence-corrected chi connectivity index (χ4v) is 1.23. The van der Waals surface area contributed by atoms with E-state index in [2.05, 4.69) is 17.6 Å². The molecule has 0 atom stereocenters. The van der Waals surface area contributed by atoms with Crippen LogP contribution >= 0.6 is 12.6 Å². The summed E-state index contributed by atoms with van der Waals surface area (Å²) >= 11 is 4.05. The van der Waals surface area contributed by atoms with E-state index >= 15 is 0 Å². The highest BCUT2D eigenvalue weighted by Crippen LogP contribution is 2.09. The Morgan fingerprint density at radius 2 is 2.17 bits per heavy atom. The molecule has 0 aliphatic heterocycles. The standard InChI is InChI=1S/C9H13NOS/c1-6(2)8-4-3-7(5-12)9(11)10-8/h3-4,6,12H,5H2,1-2H3,(H,10,11). The number of thiol groups is 1. The first kappa shape index (κ1) is 9.39. The van der Waals surface area contributed by atoms with Crippen LogP contribution in [-0.4, -0.2) is 4.98 Å². The summed E-state index contributed by atoms with van der Waals surface area (Å²) in [5, 5.41) is 0. The SMILES string of the molecule is CC(C)c1ccc(CS)c(=O)[nH]1. The third-order valence-corrected chi connectivity index (χ3v) is 2.15. The first-order valence-corrected chi connectivity index (χ1v) is 4.61. The van der Waals surface area contributed by atoms with E-state index < -0.39 is 0 Å². The number of hydrogen-bond acceptors (Lipinski definition) is 2. The van der Waals surface area contributed by atoms with Crippen molar-refractivity contribution in [2.45, 2.75) is 25.5 Å². The highest BCUT2D eigenvalue weighted by atomic mass is 32.1. The molecule has 1 rings (SSSR count). The molecule has 1 aromatic heterocycles. The molecule has 0 saturated heterocycles. The minimum absolute atomic E-state index is 0.0174. The van der Waals surface area contributed by atoms with Gasteiger partial charge in [0.05, 0.1) is 0 Å². The Morgan fingerprint density at radius 3 is 2.58 bits per heavy atom. The van der Waals surface area contributed by atoms with Gasteiger partial charge in [-0.15, -0.1) is 0 Å². The van der Waals surface area contributed by atoms with Crippen LogP contribution in [0.4, 0.5) is 0 Å². The summed E-state index contributed by atoms with van der Waals surface area (Å²) in [7, 11) is 0. The van der Waals surface area contributed by atoms with Crippen LogP contribution in [0.5, 0.6) is 0 Å². The van der Waals surface area contributed by atoms with Gasteiger partial charge in [-0.2, -0.15) is 12.6 Å². The topological polar surface area (TPSA) is 32.9 Å². The predicted octanol–water partition coefficient (Wildman–Crippen LogP) is 1.93. The van der Waals surface area contributed by atoms with Crippen LogP contribution in [0.3, 0.4) is 0 Å². The number of hydrogen-bond donors (Lipinski definition) is 2. The molecule has 1 heterocycles. The zero-order chi connectivity index (χ0) is 9.14. The van der Waals surface area contributed by atoms with Crippen molar-refractivity contribution in [1.29, 1.82) is 0 Å². The molecule has 0 fully saturated rings. The zero-order valence-corrected chi connectivity index (χ0v) is 8.19. The van der Waals surface area contributed by atoms with Crippen molar-refractivity contribution in [2.24, 2.45) is 0 Å². The second-order valence-electron chi connectivity index (χ2n) is 3.08. The normalized spacial score (nSPS) is 10.7. The van der Waals surface area contributed by atoms with E-state index in [-0.39, 0.29) is 5.56 Å². The quantitative estimate of drug-likeness (QED) is 0.675. The molecule has 0 aromatic carbocycles. The fourth-order valence-electron chi connectivity index (χ4n) is 0.980. The molecule has 0 radical (unpaired) electrons. The zero-order valence-electron chi connectivity index (χ0n) is 7.29. The second-order valence-corrected chi connectivity index (χ2v) is 3.40. The van der Waals surface area contributed by atoms with Crippen LogP contribution < -0.4 is 5.56 Å². The van der Waals surface area contributed by atoms with E-state index in [1.807, 2.05) is 26.0 Å². The molecule has 0 unspecified atom stereocenters. The molecule has 3 heteroatoms. The van der Waals surface area contributed by atoms with Crippen LogP contribution in [-0.2, 0) is 5.75 Å². The summed E-state index contributed by atoms with van der Waals surface area (Å²) in [4.78, 5) is 14.1. The monoisotopic (exact) mass is 183 g/mol. The first-order valence-electron chi connectivity index (χ1n) is 3.98. The van der Waals surface area contributed by atoms with E-state index in [0.29, 0.717) is 11.7 Å². The van der Waals surface area contributed by atoms with Crippen LogP contribution in [0.2, 0.25) is 0 Å². The first-order chi connectivity index (χ1) is 5.65. The number of rotatable bonds is 2. The Kier molecular flexibility index (Phi) is 2.98. The highest BCUT2D eigenvalue weighted by molar-refractivity contribution is 7.79. The van der Waals surface area contributed by atoms with Gasteiger partial charge in [0.2, 0.25) is 0 Å². The van der Waals surface area contributed by atoms with E-state index in [9.17, 15) is 4.79 Å². The van der Waals surface area contributed by atoms with Crippen LogP contribution in [0, 0.1) is 0 Å². The molecule has 2 nitrogen and oxygen atoms in total. The fraction of sp³-hybridized carbons (Fsp3) is 0.444. The lowest BCUT2D eigenvalue weighted by atomic mass is 10.1. The largest absolute Gasteiger partial charge is 0.326 e. The molecule has 12 heavy (non-hydrogen) atoms. The van der Waals surface area contributed by atoms with Gasteiger partial charge in [-0.3, -0.25) is 4.79 Å². The number of pyridine rings is 1. The van der Waals surface area contributed by atoms with E-state index in [0.717, 1.165) is 11.3 Å². The number of nitrogens with one attached hydrogen (secondary N) is 1. The molecule has 66 valence electrons. The lowest BCUT2D eigenvalue weighted by Crippen LogP contribution is -2.13. The maximum atomic E-state index is 11.3. The van der Waals surface area contributed by atoms with Crippen LogP contribution in [0.15, 0.2) is 16.9 Å². The van der Waals surface area contributed by atoms with Gasteiger partial charge in [0, 0.05) is 17.0 Å². The van der Waals surface area contributed by atoms with Crippen molar-refractivity contribution in [3.05, 3.63) is 33.7 Å². The molecule has 1 N–H and O–H groups in total. The molecule has 0 aliphatic rings. The lowest BCUT2D eigenvalue weighted by Gasteiger charge is -2.04. The summed E-state index contributed by atoms with van der Waals surface area (Å²) in [5.41, 5.74) is 1.68.